The molecule has 3 rings (SSSR count). The normalized spacial score (nSPS) is 22.5. The number of nitrogens with zero attached hydrogens (tertiary/aromatic N) is 3. The van der Waals surface area contributed by atoms with Gasteiger partial charge in [0.15, 0.2) is 0 Å². The molecule has 5 heteroatoms. The van der Waals surface area contributed by atoms with Crippen LogP contribution in [0.15, 0.2) is 24.5 Å². The lowest BCUT2D eigenvalue weighted by atomic mass is 9.98. The van der Waals surface area contributed by atoms with E-state index in [0.717, 1.165) is 52.2 Å². The summed E-state index contributed by atoms with van der Waals surface area (Å²) >= 11 is 0. The number of hydrogen-bond acceptors (Lipinski definition) is 4. The van der Waals surface area contributed by atoms with Crippen LogP contribution in [0.25, 0.3) is 0 Å². The Morgan fingerprint density at radius 1 is 1.27 bits per heavy atom. The molecular weight excluding hydrogens is 278 g/mol. The fourth-order valence-corrected chi connectivity index (χ4v) is 3.37. The van der Waals surface area contributed by atoms with Crippen LogP contribution in [0, 0.1) is 5.92 Å². The molecule has 0 radical (unpaired) electrons. The lowest BCUT2D eigenvalue weighted by Crippen LogP contribution is -2.51. The number of ether oxygens (including phenoxy) is 1. The molecule has 120 valence electrons. The Morgan fingerprint density at radius 3 is 2.64 bits per heavy atom. The smallest absolute Gasteiger partial charge is 0.225 e. The summed E-state index contributed by atoms with van der Waals surface area (Å²) < 4.78 is 5.35. The van der Waals surface area contributed by atoms with Crippen molar-refractivity contribution in [1.29, 1.82) is 0 Å². The average Bonchev–Trinajstić information content (AvgIpc) is 2.62. The Morgan fingerprint density at radius 2 is 2.00 bits per heavy atom. The van der Waals surface area contributed by atoms with Crippen molar-refractivity contribution in [3.63, 3.8) is 0 Å². The van der Waals surface area contributed by atoms with Crippen molar-refractivity contribution in [1.82, 2.24) is 14.8 Å². The van der Waals surface area contributed by atoms with Crippen LogP contribution in [0.3, 0.4) is 0 Å². The summed E-state index contributed by atoms with van der Waals surface area (Å²) in [6, 6.07) is 4.46. The van der Waals surface area contributed by atoms with Gasteiger partial charge in [0.2, 0.25) is 5.91 Å². The van der Waals surface area contributed by atoms with Gasteiger partial charge < -0.3 is 9.64 Å². The third-order valence-electron chi connectivity index (χ3n) is 4.91. The van der Waals surface area contributed by atoms with Crippen molar-refractivity contribution in [3.05, 3.63) is 30.1 Å². The van der Waals surface area contributed by atoms with E-state index in [1.807, 2.05) is 17.2 Å². The third-order valence-corrected chi connectivity index (χ3v) is 4.91. The Hall–Kier alpha value is -1.46. The first-order chi connectivity index (χ1) is 10.8. The van der Waals surface area contributed by atoms with Gasteiger partial charge >= 0.3 is 0 Å². The standard InChI is InChI=1S/C17H25N3O2/c1-14(16-3-2-6-18-13-16)19-7-9-20(10-8-19)17(21)15-4-11-22-12-5-15/h2-3,6,13-15H,4-5,7-12H2,1H3. The van der Waals surface area contributed by atoms with E-state index in [0.29, 0.717) is 11.9 Å². The van der Waals surface area contributed by atoms with E-state index < -0.39 is 0 Å². The van der Waals surface area contributed by atoms with Gasteiger partial charge in [-0.1, -0.05) is 6.07 Å². The van der Waals surface area contributed by atoms with E-state index in [4.69, 9.17) is 4.74 Å². The van der Waals surface area contributed by atoms with Crippen molar-refractivity contribution in [2.75, 3.05) is 39.4 Å². The molecule has 2 fully saturated rings. The summed E-state index contributed by atoms with van der Waals surface area (Å²) in [7, 11) is 0. The van der Waals surface area contributed by atoms with Crippen LogP contribution in [0.5, 0.6) is 0 Å². The molecule has 0 spiro atoms. The summed E-state index contributed by atoms with van der Waals surface area (Å²) in [6.45, 7) is 7.22. The minimum Gasteiger partial charge on any atom is -0.381 e. The molecule has 2 aliphatic rings. The van der Waals surface area contributed by atoms with E-state index in [1.54, 1.807) is 6.20 Å². The first-order valence-corrected chi connectivity index (χ1v) is 8.26. The number of carbonyl (C=O) groups excluding carboxylic acids is 1. The number of amides is 1. The molecule has 3 heterocycles. The van der Waals surface area contributed by atoms with Gasteiger partial charge in [-0.25, -0.2) is 0 Å². The second-order valence-corrected chi connectivity index (χ2v) is 6.21. The number of carbonyl (C=O) groups is 1. The molecule has 0 bridgehead atoms. The lowest BCUT2D eigenvalue weighted by molar-refractivity contribution is -0.140. The topological polar surface area (TPSA) is 45.7 Å². The van der Waals surface area contributed by atoms with Crippen LogP contribution in [0.4, 0.5) is 0 Å². The minimum absolute atomic E-state index is 0.177. The maximum absolute atomic E-state index is 12.5. The largest absolute Gasteiger partial charge is 0.381 e. The number of pyridine rings is 1. The highest BCUT2D eigenvalue weighted by Crippen LogP contribution is 2.23. The van der Waals surface area contributed by atoms with Gasteiger partial charge in [0.25, 0.3) is 0 Å². The zero-order valence-corrected chi connectivity index (χ0v) is 13.3. The SMILES string of the molecule is CC(c1cccnc1)N1CCN(C(=O)C2CCOCC2)CC1. The Labute approximate surface area is 132 Å². The highest BCUT2D eigenvalue weighted by atomic mass is 16.5. The van der Waals surface area contributed by atoms with Crippen molar-refractivity contribution < 1.29 is 9.53 Å². The van der Waals surface area contributed by atoms with Crippen LogP contribution in [-0.2, 0) is 9.53 Å². The summed E-state index contributed by atoms with van der Waals surface area (Å²) in [5, 5.41) is 0. The number of piperazine rings is 1. The van der Waals surface area contributed by atoms with Crippen molar-refractivity contribution >= 4 is 5.91 Å². The molecule has 2 saturated heterocycles. The van der Waals surface area contributed by atoms with E-state index in [1.165, 1.54) is 5.56 Å². The summed E-state index contributed by atoms with van der Waals surface area (Å²) in [5.74, 6) is 0.507. The maximum Gasteiger partial charge on any atom is 0.225 e. The molecule has 0 aromatic carbocycles. The Bertz CT molecular complexity index is 480. The molecule has 2 aliphatic heterocycles. The molecule has 1 aromatic heterocycles. The molecule has 0 saturated carbocycles. The molecule has 1 amide bonds. The fraction of sp³-hybridized carbons (Fsp3) is 0.647. The zero-order valence-electron chi connectivity index (χ0n) is 13.3. The summed E-state index contributed by atoms with van der Waals surface area (Å²) in [5.41, 5.74) is 1.24. The van der Waals surface area contributed by atoms with Crippen LogP contribution in [0.1, 0.15) is 31.4 Å². The summed E-state index contributed by atoms with van der Waals surface area (Å²) in [6.07, 6.45) is 5.50. The second-order valence-electron chi connectivity index (χ2n) is 6.21. The van der Waals surface area contributed by atoms with Crippen LogP contribution >= 0.6 is 0 Å². The Kier molecular flexibility index (Phi) is 5.05. The first kappa shape index (κ1) is 15.4. The van der Waals surface area contributed by atoms with E-state index >= 15 is 0 Å². The quantitative estimate of drug-likeness (QED) is 0.853. The van der Waals surface area contributed by atoms with E-state index in [9.17, 15) is 4.79 Å². The minimum atomic E-state index is 0.177. The van der Waals surface area contributed by atoms with Gasteiger partial charge in [-0.3, -0.25) is 14.7 Å². The average molecular weight is 303 g/mol. The number of rotatable bonds is 3. The zero-order chi connectivity index (χ0) is 15.4. The molecule has 1 atom stereocenters. The van der Waals surface area contributed by atoms with E-state index in [2.05, 4.69) is 22.9 Å². The van der Waals surface area contributed by atoms with E-state index in [-0.39, 0.29) is 5.92 Å². The molecule has 0 aliphatic carbocycles. The highest BCUT2D eigenvalue weighted by Gasteiger charge is 2.30. The predicted octanol–water partition coefficient (Wildman–Crippen LogP) is 1.71. The van der Waals surface area contributed by atoms with Crippen molar-refractivity contribution in [2.45, 2.75) is 25.8 Å². The molecular formula is C17H25N3O2. The van der Waals surface area contributed by atoms with Gasteiger partial charge in [0.05, 0.1) is 0 Å². The fourth-order valence-electron chi connectivity index (χ4n) is 3.37. The molecule has 1 unspecified atom stereocenters. The molecule has 22 heavy (non-hydrogen) atoms. The molecule has 1 aromatic rings. The number of aromatic nitrogens is 1. The highest BCUT2D eigenvalue weighted by molar-refractivity contribution is 5.79. The van der Waals surface area contributed by atoms with Crippen LogP contribution in [-0.4, -0.2) is 60.1 Å². The van der Waals surface area contributed by atoms with Gasteiger partial charge in [0.1, 0.15) is 0 Å². The number of hydrogen-bond donors (Lipinski definition) is 0. The van der Waals surface area contributed by atoms with Gasteiger partial charge in [-0.05, 0) is 31.4 Å². The molecule has 5 nitrogen and oxygen atoms in total. The van der Waals surface area contributed by atoms with Crippen LogP contribution < -0.4 is 0 Å². The third kappa shape index (κ3) is 3.47. The van der Waals surface area contributed by atoms with Crippen LogP contribution in [0.2, 0.25) is 0 Å². The van der Waals surface area contributed by atoms with Gasteiger partial charge in [0, 0.05) is 63.7 Å². The predicted molar refractivity (Wildman–Crippen MR) is 84.3 cm³/mol. The van der Waals surface area contributed by atoms with Crippen molar-refractivity contribution in [3.8, 4) is 0 Å². The summed E-state index contributed by atoms with van der Waals surface area (Å²) in [4.78, 5) is 21.2. The monoisotopic (exact) mass is 303 g/mol. The maximum atomic E-state index is 12.5. The van der Waals surface area contributed by atoms with Crippen molar-refractivity contribution in [2.24, 2.45) is 5.92 Å². The van der Waals surface area contributed by atoms with Gasteiger partial charge in [-0.2, -0.15) is 0 Å². The first-order valence-electron chi connectivity index (χ1n) is 8.26. The Balaban J connectivity index is 1.52. The second kappa shape index (κ2) is 7.20. The van der Waals surface area contributed by atoms with Gasteiger partial charge in [-0.15, -0.1) is 0 Å². The lowest BCUT2D eigenvalue weighted by Gasteiger charge is -2.39. The molecule has 0 N–H and O–H groups in total.